The van der Waals surface area contributed by atoms with Crippen LogP contribution in [0.5, 0.6) is 5.88 Å². The van der Waals surface area contributed by atoms with Gasteiger partial charge in [0, 0.05) is 11.6 Å². The molecule has 0 radical (unpaired) electrons. The highest BCUT2D eigenvalue weighted by Gasteiger charge is 2.32. The minimum absolute atomic E-state index is 0.0800. The number of carbonyl (C=O) groups excluding carboxylic acids is 1. The number of oxazole rings is 1. The van der Waals surface area contributed by atoms with Gasteiger partial charge in [-0.05, 0) is 37.5 Å². The number of amides is 1. The number of nitrogens with zero attached hydrogens (tertiary/aromatic N) is 2. The van der Waals surface area contributed by atoms with Crippen LogP contribution in [0.4, 0.5) is 13.2 Å². The molecule has 0 aliphatic heterocycles. The van der Waals surface area contributed by atoms with Crippen molar-refractivity contribution in [2.24, 2.45) is 0 Å². The van der Waals surface area contributed by atoms with E-state index in [0.29, 0.717) is 40.8 Å². The van der Waals surface area contributed by atoms with E-state index in [1.54, 1.807) is 6.07 Å². The normalized spacial score (nSPS) is 16.0. The summed E-state index contributed by atoms with van der Waals surface area (Å²) in [5.41, 5.74) is 0.199. The Bertz CT molecular complexity index is 1130. The first-order valence-corrected chi connectivity index (χ1v) is 9.81. The molecule has 162 valence electrons. The van der Waals surface area contributed by atoms with Crippen molar-refractivity contribution < 1.29 is 27.1 Å². The van der Waals surface area contributed by atoms with Crippen LogP contribution >= 0.6 is 11.6 Å². The molecule has 1 amide bonds. The smallest absolute Gasteiger partial charge is 0.416 e. The van der Waals surface area contributed by atoms with Gasteiger partial charge in [0.25, 0.3) is 5.91 Å². The van der Waals surface area contributed by atoms with Gasteiger partial charge in [0.05, 0.1) is 41.2 Å². The van der Waals surface area contributed by atoms with Gasteiger partial charge in [-0.3, -0.25) is 4.79 Å². The zero-order valence-corrected chi connectivity index (χ0v) is 17.0. The van der Waals surface area contributed by atoms with Crippen molar-refractivity contribution in [3.05, 3.63) is 64.1 Å². The molecule has 0 fully saturated rings. The fraction of sp³-hybridized carbons (Fsp3) is 0.286. The number of benzene rings is 1. The molecule has 0 saturated carbocycles. The molecular formula is C21H17ClF3N3O3. The Morgan fingerprint density at radius 2 is 2.13 bits per heavy atom. The van der Waals surface area contributed by atoms with Crippen LogP contribution in [0.1, 0.15) is 46.3 Å². The number of ether oxygens (including phenoxy) is 1. The summed E-state index contributed by atoms with van der Waals surface area (Å²) in [6.07, 6.45) is -1.15. The second-order valence-electron chi connectivity index (χ2n) is 7.03. The standard InChI is InChI=1S/C21H17ClF3N3O3/c1-30-17-9-13(14(22)10-26-17)20-28-16-7-3-6-15(18(16)31-20)27-19(29)11-4-2-5-12(8-11)21(23,24)25/h2,4-5,8-10,15H,3,6-7H2,1H3,(H,27,29)/t15-/m1/s1. The van der Waals surface area contributed by atoms with E-state index in [1.165, 1.54) is 25.4 Å². The summed E-state index contributed by atoms with van der Waals surface area (Å²) in [6, 6.07) is 5.36. The van der Waals surface area contributed by atoms with Gasteiger partial charge in [-0.15, -0.1) is 0 Å². The summed E-state index contributed by atoms with van der Waals surface area (Å²) < 4.78 is 49.9. The molecule has 0 spiro atoms. The minimum atomic E-state index is -4.53. The number of hydrogen-bond donors (Lipinski definition) is 1. The molecule has 31 heavy (non-hydrogen) atoms. The molecule has 1 atom stereocenters. The van der Waals surface area contributed by atoms with Gasteiger partial charge >= 0.3 is 6.18 Å². The maximum atomic E-state index is 13.0. The summed E-state index contributed by atoms with van der Waals surface area (Å²) >= 11 is 6.22. The Morgan fingerprint density at radius 1 is 1.32 bits per heavy atom. The third-order valence-electron chi connectivity index (χ3n) is 4.98. The molecule has 3 aromatic rings. The predicted octanol–water partition coefficient (Wildman–Crippen LogP) is 5.22. The predicted molar refractivity (Wildman–Crippen MR) is 106 cm³/mol. The second kappa shape index (κ2) is 8.22. The molecule has 1 aromatic carbocycles. The van der Waals surface area contributed by atoms with Gasteiger partial charge in [-0.25, -0.2) is 9.97 Å². The van der Waals surface area contributed by atoms with Crippen LogP contribution in [0.15, 0.2) is 40.9 Å². The molecule has 10 heteroatoms. The van der Waals surface area contributed by atoms with E-state index in [-0.39, 0.29) is 11.5 Å². The lowest BCUT2D eigenvalue weighted by Gasteiger charge is -2.21. The first-order chi connectivity index (χ1) is 14.8. The van der Waals surface area contributed by atoms with Crippen molar-refractivity contribution in [3.63, 3.8) is 0 Å². The molecule has 6 nitrogen and oxygen atoms in total. The summed E-state index contributed by atoms with van der Waals surface area (Å²) in [5.74, 6) is 0.444. The van der Waals surface area contributed by atoms with Gasteiger partial charge in [-0.2, -0.15) is 13.2 Å². The molecule has 0 unspecified atom stereocenters. The summed E-state index contributed by atoms with van der Waals surface area (Å²) in [5, 5.41) is 3.09. The van der Waals surface area contributed by atoms with Gasteiger partial charge in [-0.1, -0.05) is 17.7 Å². The van der Waals surface area contributed by atoms with Crippen molar-refractivity contribution in [2.75, 3.05) is 7.11 Å². The van der Waals surface area contributed by atoms with Crippen molar-refractivity contribution >= 4 is 17.5 Å². The summed E-state index contributed by atoms with van der Waals surface area (Å²) in [7, 11) is 1.47. The van der Waals surface area contributed by atoms with Gasteiger partial charge < -0.3 is 14.5 Å². The van der Waals surface area contributed by atoms with E-state index in [2.05, 4.69) is 15.3 Å². The van der Waals surface area contributed by atoms with Gasteiger partial charge in [0.1, 0.15) is 5.76 Å². The maximum absolute atomic E-state index is 13.0. The zero-order chi connectivity index (χ0) is 22.2. The lowest BCUT2D eigenvalue weighted by Crippen LogP contribution is -2.30. The van der Waals surface area contributed by atoms with Crippen LogP contribution in [-0.4, -0.2) is 23.0 Å². The average molecular weight is 452 g/mol. The fourth-order valence-corrected chi connectivity index (χ4v) is 3.63. The first-order valence-electron chi connectivity index (χ1n) is 9.44. The number of rotatable bonds is 4. The third-order valence-corrected chi connectivity index (χ3v) is 5.28. The number of nitrogens with one attached hydrogen (secondary N) is 1. The van der Waals surface area contributed by atoms with E-state index in [1.807, 2.05) is 0 Å². The van der Waals surface area contributed by atoms with Crippen LogP contribution in [0, 0.1) is 0 Å². The Morgan fingerprint density at radius 3 is 2.87 bits per heavy atom. The topological polar surface area (TPSA) is 77.3 Å². The van der Waals surface area contributed by atoms with Crippen molar-refractivity contribution in [1.82, 2.24) is 15.3 Å². The fourth-order valence-electron chi connectivity index (χ4n) is 3.45. The SMILES string of the molecule is COc1cc(-c2nc3c(o2)[C@H](NC(=O)c2cccc(C(F)(F)F)c2)CCC3)c(Cl)cn1. The highest BCUT2D eigenvalue weighted by molar-refractivity contribution is 6.33. The van der Waals surface area contributed by atoms with Gasteiger partial charge in [0.2, 0.25) is 11.8 Å². The lowest BCUT2D eigenvalue weighted by molar-refractivity contribution is -0.137. The molecule has 1 aliphatic carbocycles. The molecule has 2 heterocycles. The molecule has 4 rings (SSSR count). The lowest BCUT2D eigenvalue weighted by atomic mass is 9.96. The number of carbonyl (C=O) groups is 1. The Hall–Kier alpha value is -3.07. The van der Waals surface area contributed by atoms with E-state index < -0.39 is 23.7 Å². The molecule has 1 N–H and O–H groups in total. The average Bonchev–Trinajstić information content (AvgIpc) is 3.19. The van der Waals surface area contributed by atoms with Crippen LogP contribution in [-0.2, 0) is 12.6 Å². The second-order valence-corrected chi connectivity index (χ2v) is 7.44. The quantitative estimate of drug-likeness (QED) is 0.588. The number of hydrogen-bond acceptors (Lipinski definition) is 5. The number of methoxy groups -OCH3 is 1. The van der Waals surface area contributed by atoms with Gasteiger partial charge in [0.15, 0.2) is 0 Å². The van der Waals surface area contributed by atoms with E-state index >= 15 is 0 Å². The summed E-state index contributed by atoms with van der Waals surface area (Å²) in [4.78, 5) is 21.1. The van der Waals surface area contributed by atoms with Crippen molar-refractivity contribution in [1.29, 1.82) is 0 Å². The van der Waals surface area contributed by atoms with Crippen LogP contribution < -0.4 is 10.1 Å². The number of aryl methyl sites for hydroxylation is 1. The van der Waals surface area contributed by atoms with E-state index in [4.69, 9.17) is 20.8 Å². The van der Waals surface area contributed by atoms with Crippen LogP contribution in [0.25, 0.3) is 11.5 Å². The highest BCUT2D eigenvalue weighted by atomic mass is 35.5. The van der Waals surface area contributed by atoms with E-state index in [9.17, 15) is 18.0 Å². The van der Waals surface area contributed by atoms with E-state index in [0.717, 1.165) is 18.6 Å². The molecule has 0 bridgehead atoms. The minimum Gasteiger partial charge on any atom is -0.481 e. The van der Waals surface area contributed by atoms with Crippen LogP contribution in [0.2, 0.25) is 5.02 Å². The number of halogens is 4. The number of fused-ring (bicyclic) bond motifs is 1. The van der Waals surface area contributed by atoms with Crippen LogP contribution in [0.3, 0.4) is 0 Å². The monoisotopic (exact) mass is 451 g/mol. The largest absolute Gasteiger partial charge is 0.481 e. The molecule has 2 aromatic heterocycles. The molecule has 1 aliphatic rings. The number of aromatic nitrogens is 2. The maximum Gasteiger partial charge on any atom is 0.416 e. The van der Waals surface area contributed by atoms with Crippen molar-refractivity contribution in [3.8, 4) is 17.3 Å². The Balaban J connectivity index is 1.60. The summed E-state index contributed by atoms with van der Waals surface area (Å²) in [6.45, 7) is 0. The Kier molecular flexibility index (Phi) is 5.62. The third kappa shape index (κ3) is 4.36. The molecular weight excluding hydrogens is 435 g/mol. The zero-order valence-electron chi connectivity index (χ0n) is 16.3. The Labute approximate surface area is 180 Å². The number of pyridine rings is 1. The number of alkyl halides is 3. The molecule has 0 saturated heterocycles. The highest BCUT2D eigenvalue weighted by Crippen LogP contribution is 2.37. The first kappa shape index (κ1) is 21.2. The van der Waals surface area contributed by atoms with Crippen molar-refractivity contribution in [2.45, 2.75) is 31.5 Å².